The zero-order valence-electron chi connectivity index (χ0n) is 8.52. The second-order valence-electron chi connectivity index (χ2n) is 2.54. The first-order valence-electron chi connectivity index (χ1n) is 4.29. The van der Waals surface area contributed by atoms with Gasteiger partial charge in [0.1, 0.15) is 5.84 Å². The molecule has 1 aromatic heterocycles. The summed E-state index contributed by atoms with van der Waals surface area (Å²) in [7, 11) is 3.37. The number of carbonyl (C=O) groups is 1. The summed E-state index contributed by atoms with van der Waals surface area (Å²) in [6.07, 6.45) is 1.45. The zero-order chi connectivity index (χ0) is 11.1. The molecule has 6 heteroatoms. The molecule has 0 aliphatic carbocycles. The van der Waals surface area contributed by atoms with Gasteiger partial charge in [0.2, 0.25) is 0 Å². The van der Waals surface area contributed by atoms with Gasteiger partial charge < -0.3 is 5.32 Å². The molecule has 0 spiro atoms. The average molecular weight is 224 g/mol. The summed E-state index contributed by atoms with van der Waals surface area (Å²) in [5.41, 5.74) is 2.40. The second kappa shape index (κ2) is 5.92. The van der Waals surface area contributed by atoms with Crippen LogP contribution in [0.25, 0.3) is 0 Å². The smallest absolute Gasteiger partial charge is 0.281 e. The van der Waals surface area contributed by atoms with Crippen molar-refractivity contribution < 1.29 is 4.79 Å². The number of amidine groups is 1. The van der Waals surface area contributed by atoms with Crippen molar-refractivity contribution in [2.75, 3.05) is 14.1 Å². The van der Waals surface area contributed by atoms with Crippen molar-refractivity contribution in [1.29, 1.82) is 0 Å². The van der Waals surface area contributed by atoms with Crippen LogP contribution in [-0.2, 0) is 0 Å². The van der Waals surface area contributed by atoms with Crippen molar-refractivity contribution in [3.8, 4) is 0 Å². The molecule has 1 heterocycles. The van der Waals surface area contributed by atoms with Crippen molar-refractivity contribution in [3.05, 3.63) is 22.4 Å². The minimum atomic E-state index is -0.215. The molecule has 0 saturated carbocycles. The van der Waals surface area contributed by atoms with Gasteiger partial charge in [0, 0.05) is 14.1 Å². The van der Waals surface area contributed by atoms with Crippen LogP contribution < -0.4 is 10.7 Å². The first kappa shape index (κ1) is 11.4. The predicted molar refractivity (Wildman–Crippen MR) is 62.7 cm³/mol. The molecule has 80 valence electrons. The standard InChI is InChI=1S/C9H12N4OS/c1-10-8(11-2)6-12-13-9(14)7-4-3-5-15-7/h3-6H,1-2H3,(H,10,11)(H,13,14)/b12-6+. The van der Waals surface area contributed by atoms with Crippen molar-refractivity contribution >= 4 is 29.3 Å². The first-order valence-corrected chi connectivity index (χ1v) is 5.17. The van der Waals surface area contributed by atoms with Crippen molar-refractivity contribution in [3.63, 3.8) is 0 Å². The number of rotatable bonds is 3. The maximum atomic E-state index is 11.4. The molecule has 0 radical (unpaired) electrons. The summed E-state index contributed by atoms with van der Waals surface area (Å²) in [5.74, 6) is 0.384. The Labute approximate surface area is 91.9 Å². The lowest BCUT2D eigenvalue weighted by Gasteiger charge is -1.97. The van der Waals surface area contributed by atoms with Gasteiger partial charge in [-0.15, -0.1) is 11.3 Å². The van der Waals surface area contributed by atoms with Crippen LogP contribution in [0.15, 0.2) is 27.6 Å². The molecule has 0 bridgehead atoms. The van der Waals surface area contributed by atoms with E-state index in [-0.39, 0.29) is 5.91 Å². The van der Waals surface area contributed by atoms with Crippen molar-refractivity contribution in [1.82, 2.24) is 10.7 Å². The average Bonchev–Trinajstić information content (AvgIpc) is 2.77. The largest absolute Gasteiger partial charge is 0.372 e. The van der Waals surface area contributed by atoms with Gasteiger partial charge in [-0.05, 0) is 11.4 Å². The van der Waals surface area contributed by atoms with E-state index in [0.29, 0.717) is 10.7 Å². The number of hydrogen-bond donors (Lipinski definition) is 2. The quantitative estimate of drug-likeness (QED) is 0.451. The third kappa shape index (κ3) is 3.51. The number of carbonyl (C=O) groups excluding carboxylic acids is 1. The minimum absolute atomic E-state index is 0.215. The van der Waals surface area contributed by atoms with Crippen LogP contribution in [0.2, 0.25) is 0 Å². The van der Waals surface area contributed by atoms with E-state index in [1.807, 2.05) is 11.4 Å². The third-order valence-corrected chi connectivity index (χ3v) is 2.46. The normalized spacial score (nSPS) is 11.7. The van der Waals surface area contributed by atoms with E-state index in [1.165, 1.54) is 17.6 Å². The summed E-state index contributed by atoms with van der Waals surface area (Å²) in [6.45, 7) is 0. The number of hydrogen-bond acceptors (Lipinski definition) is 4. The van der Waals surface area contributed by atoms with Crippen molar-refractivity contribution in [2.45, 2.75) is 0 Å². The van der Waals surface area contributed by atoms with Gasteiger partial charge in [-0.1, -0.05) is 6.07 Å². The zero-order valence-corrected chi connectivity index (χ0v) is 9.34. The Kier molecular flexibility index (Phi) is 4.49. The van der Waals surface area contributed by atoms with Crippen LogP contribution in [0, 0.1) is 0 Å². The van der Waals surface area contributed by atoms with Crippen LogP contribution in [0.5, 0.6) is 0 Å². The number of amides is 1. The van der Waals surface area contributed by atoms with Crippen molar-refractivity contribution in [2.24, 2.45) is 10.1 Å². The highest BCUT2D eigenvalue weighted by molar-refractivity contribution is 7.12. The van der Waals surface area contributed by atoms with E-state index in [1.54, 1.807) is 20.2 Å². The first-order chi connectivity index (χ1) is 7.27. The third-order valence-electron chi connectivity index (χ3n) is 1.59. The molecule has 0 aliphatic heterocycles. The van der Waals surface area contributed by atoms with Crippen LogP contribution in [0.4, 0.5) is 0 Å². The molecule has 0 unspecified atom stereocenters. The fourth-order valence-corrected chi connectivity index (χ4v) is 1.46. The molecule has 0 atom stereocenters. The Balaban J connectivity index is 2.47. The molecule has 0 saturated heterocycles. The van der Waals surface area contributed by atoms with E-state index in [0.717, 1.165) is 0 Å². The topological polar surface area (TPSA) is 65.8 Å². The lowest BCUT2D eigenvalue weighted by molar-refractivity contribution is 0.0959. The maximum Gasteiger partial charge on any atom is 0.281 e. The van der Waals surface area contributed by atoms with E-state index in [9.17, 15) is 4.79 Å². The molecule has 0 aliphatic rings. The highest BCUT2D eigenvalue weighted by Crippen LogP contribution is 2.07. The molecular weight excluding hydrogens is 212 g/mol. The lowest BCUT2D eigenvalue weighted by atomic mass is 10.4. The van der Waals surface area contributed by atoms with E-state index in [4.69, 9.17) is 0 Å². The highest BCUT2D eigenvalue weighted by atomic mass is 32.1. The molecule has 5 nitrogen and oxygen atoms in total. The van der Waals surface area contributed by atoms with Gasteiger partial charge in [0.15, 0.2) is 0 Å². The number of hydrazone groups is 1. The summed E-state index contributed by atoms with van der Waals surface area (Å²) < 4.78 is 0. The minimum Gasteiger partial charge on any atom is -0.372 e. The second-order valence-corrected chi connectivity index (χ2v) is 3.48. The van der Waals surface area contributed by atoms with Crippen LogP contribution >= 0.6 is 11.3 Å². The highest BCUT2D eigenvalue weighted by Gasteiger charge is 2.03. The molecular formula is C9H12N4OS. The van der Waals surface area contributed by atoms with Gasteiger partial charge >= 0.3 is 0 Å². The van der Waals surface area contributed by atoms with Gasteiger partial charge in [0.25, 0.3) is 5.91 Å². The number of aliphatic imine (C=N–C) groups is 1. The summed E-state index contributed by atoms with van der Waals surface area (Å²) in [5, 5.41) is 8.41. The van der Waals surface area contributed by atoms with Crippen LogP contribution in [0.1, 0.15) is 9.67 Å². The Hall–Kier alpha value is -1.69. The lowest BCUT2D eigenvalue weighted by Crippen LogP contribution is -2.23. The summed E-state index contributed by atoms with van der Waals surface area (Å²) >= 11 is 1.37. The van der Waals surface area contributed by atoms with E-state index < -0.39 is 0 Å². The number of nitrogens with zero attached hydrogens (tertiary/aromatic N) is 2. The number of thiophene rings is 1. The van der Waals surface area contributed by atoms with E-state index in [2.05, 4.69) is 20.8 Å². The van der Waals surface area contributed by atoms with Gasteiger partial charge in [-0.2, -0.15) is 5.10 Å². The Morgan fingerprint density at radius 2 is 2.40 bits per heavy atom. The Morgan fingerprint density at radius 3 is 2.93 bits per heavy atom. The Morgan fingerprint density at radius 1 is 1.60 bits per heavy atom. The molecule has 1 rings (SSSR count). The fourth-order valence-electron chi connectivity index (χ4n) is 0.849. The Bertz CT molecular complexity index is 369. The predicted octanol–water partition coefficient (Wildman–Crippen LogP) is 0.711. The van der Waals surface area contributed by atoms with Crippen LogP contribution in [-0.4, -0.2) is 32.1 Å². The van der Waals surface area contributed by atoms with Gasteiger partial charge in [0.05, 0.1) is 11.1 Å². The molecule has 1 aromatic rings. The monoisotopic (exact) mass is 224 g/mol. The fraction of sp³-hybridized carbons (Fsp3) is 0.222. The molecule has 15 heavy (non-hydrogen) atoms. The van der Waals surface area contributed by atoms with Gasteiger partial charge in [-0.25, -0.2) is 5.43 Å². The summed E-state index contributed by atoms with van der Waals surface area (Å²) in [6, 6.07) is 3.55. The molecule has 0 fully saturated rings. The van der Waals surface area contributed by atoms with E-state index >= 15 is 0 Å². The SMILES string of the molecule is CN=C(/C=N/NC(=O)c1cccs1)NC. The molecule has 2 N–H and O–H groups in total. The number of nitrogens with one attached hydrogen (secondary N) is 2. The summed E-state index contributed by atoms with van der Waals surface area (Å²) in [4.78, 5) is 15.9. The molecule has 1 amide bonds. The maximum absolute atomic E-state index is 11.4. The molecule has 0 aromatic carbocycles. The van der Waals surface area contributed by atoms with Crippen LogP contribution in [0.3, 0.4) is 0 Å². The van der Waals surface area contributed by atoms with Gasteiger partial charge in [-0.3, -0.25) is 9.79 Å².